The highest BCUT2D eigenvalue weighted by Crippen LogP contribution is 2.33. The highest BCUT2D eigenvalue weighted by molar-refractivity contribution is 7.23. The molecule has 0 radical (unpaired) electrons. The monoisotopic (exact) mass is 494 g/mol. The van der Waals surface area contributed by atoms with E-state index in [9.17, 15) is 4.79 Å². The molecule has 2 saturated heterocycles. The van der Waals surface area contributed by atoms with Gasteiger partial charge in [0.25, 0.3) is 5.91 Å². The molecule has 0 spiro atoms. The number of carbonyl (C=O) groups is 1. The van der Waals surface area contributed by atoms with Crippen LogP contribution >= 0.6 is 11.3 Å². The number of carbonyl (C=O) groups excluding carboxylic acids is 1. The number of benzene rings is 2. The van der Waals surface area contributed by atoms with E-state index < -0.39 is 0 Å². The van der Waals surface area contributed by atoms with Gasteiger partial charge in [-0.3, -0.25) is 9.20 Å². The van der Waals surface area contributed by atoms with Crippen molar-refractivity contribution in [3.05, 3.63) is 59.5 Å². The summed E-state index contributed by atoms with van der Waals surface area (Å²) in [6.07, 6.45) is 4.53. The lowest BCUT2D eigenvalue weighted by atomic mass is 10.0. The summed E-state index contributed by atoms with van der Waals surface area (Å²) in [4.78, 5) is 18.2. The molecule has 7 nitrogen and oxygen atoms in total. The lowest BCUT2D eigenvalue weighted by Gasteiger charge is -2.23. The van der Waals surface area contributed by atoms with Gasteiger partial charge in [-0.1, -0.05) is 17.4 Å². The van der Waals surface area contributed by atoms with Crippen molar-refractivity contribution in [1.29, 1.82) is 0 Å². The van der Waals surface area contributed by atoms with E-state index in [4.69, 9.17) is 14.5 Å². The second kappa shape index (κ2) is 9.31. The van der Waals surface area contributed by atoms with Gasteiger partial charge in [-0.05, 0) is 55.2 Å². The number of hydrogen-bond acceptors (Lipinski definition) is 6. The van der Waals surface area contributed by atoms with Gasteiger partial charge in [0.1, 0.15) is 5.82 Å². The molecule has 0 bridgehead atoms. The van der Waals surface area contributed by atoms with E-state index in [-0.39, 0.29) is 29.9 Å². The van der Waals surface area contributed by atoms with Crippen molar-refractivity contribution in [2.24, 2.45) is 0 Å². The fraction of sp³-hybridized carbons (Fsp3) is 0.385. The van der Waals surface area contributed by atoms with Crippen LogP contribution in [0.25, 0.3) is 26.4 Å². The minimum Gasteiger partial charge on any atom is -0.381 e. The van der Waals surface area contributed by atoms with Crippen LogP contribution in [0.5, 0.6) is 0 Å². The Kier molecular flexibility index (Phi) is 6.01. The first-order valence-electron chi connectivity index (χ1n) is 12.0. The first-order chi connectivity index (χ1) is 17.1. The van der Waals surface area contributed by atoms with Crippen molar-refractivity contribution < 1.29 is 18.7 Å². The van der Waals surface area contributed by atoms with E-state index in [2.05, 4.69) is 10.6 Å². The number of fused-ring (bicyclic) bond motifs is 3. The summed E-state index contributed by atoms with van der Waals surface area (Å²) >= 11 is 1.49. The SMILES string of the molecule is COC1CNC(c2ccc(-c3cn4c(n3)sc3cc(C(=O)NC5CCOCC5)ccc34)c(F)c2)C1. The molecule has 2 unspecified atom stereocenters. The zero-order valence-corrected chi connectivity index (χ0v) is 20.2. The van der Waals surface area contributed by atoms with Gasteiger partial charge < -0.3 is 20.1 Å². The van der Waals surface area contributed by atoms with E-state index in [0.29, 0.717) is 30.0 Å². The van der Waals surface area contributed by atoms with Crippen LogP contribution < -0.4 is 10.6 Å². The summed E-state index contributed by atoms with van der Waals surface area (Å²) in [5.41, 5.74) is 3.57. The van der Waals surface area contributed by atoms with Crippen molar-refractivity contribution >= 4 is 32.4 Å². The predicted octanol–water partition coefficient (Wildman–Crippen LogP) is 4.31. The van der Waals surface area contributed by atoms with Gasteiger partial charge in [0.15, 0.2) is 4.96 Å². The first-order valence-corrected chi connectivity index (χ1v) is 12.8. The van der Waals surface area contributed by atoms with Gasteiger partial charge in [-0.2, -0.15) is 0 Å². The normalized spacial score (nSPS) is 21.2. The average Bonchev–Trinajstić information content (AvgIpc) is 3.59. The fourth-order valence-corrected chi connectivity index (χ4v) is 6.02. The third-order valence-electron chi connectivity index (χ3n) is 7.01. The molecule has 0 aliphatic carbocycles. The number of methoxy groups -OCH3 is 1. The van der Waals surface area contributed by atoms with Crippen LogP contribution in [0.3, 0.4) is 0 Å². The van der Waals surface area contributed by atoms with Crippen LogP contribution in [-0.2, 0) is 9.47 Å². The smallest absolute Gasteiger partial charge is 0.251 e. The maximum absolute atomic E-state index is 15.1. The lowest BCUT2D eigenvalue weighted by molar-refractivity contribution is 0.0696. The van der Waals surface area contributed by atoms with Crippen LogP contribution in [-0.4, -0.2) is 54.3 Å². The van der Waals surface area contributed by atoms with Crippen molar-refractivity contribution in [2.45, 2.75) is 37.5 Å². The average molecular weight is 495 g/mol. The molecule has 182 valence electrons. The van der Waals surface area contributed by atoms with E-state index in [1.807, 2.05) is 34.9 Å². The second-order valence-electron chi connectivity index (χ2n) is 9.22. The Morgan fingerprint density at radius 2 is 2.11 bits per heavy atom. The predicted molar refractivity (Wildman–Crippen MR) is 133 cm³/mol. The summed E-state index contributed by atoms with van der Waals surface area (Å²) in [6.45, 7) is 2.14. The molecule has 2 aromatic heterocycles. The molecule has 4 aromatic rings. The first kappa shape index (κ1) is 22.6. The Balaban J connectivity index is 1.24. The van der Waals surface area contributed by atoms with E-state index in [1.165, 1.54) is 11.3 Å². The third kappa shape index (κ3) is 4.33. The Labute approximate surface area is 206 Å². The summed E-state index contributed by atoms with van der Waals surface area (Å²) < 4.78 is 28.8. The Hall–Kier alpha value is -2.85. The summed E-state index contributed by atoms with van der Waals surface area (Å²) in [7, 11) is 1.70. The standard InChI is InChI=1S/C26H27FN4O3S/c1-33-18-12-21(28-13-18)15-2-4-19(20(27)10-15)22-14-31-23-5-3-16(11-24(23)35-26(31)30-22)25(32)29-17-6-8-34-9-7-17/h2-5,10-11,14,17-18,21,28H,6-9,12-13H2,1H3,(H,29,32). The van der Waals surface area contributed by atoms with Crippen molar-refractivity contribution in [1.82, 2.24) is 20.0 Å². The van der Waals surface area contributed by atoms with Gasteiger partial charge >= 0.3 is 0 Å². The van der Waals surface area contributed by atoms with Crippen molar-refractivity contribution in [3.63, 3.8) is 0 Å². The van der Waals surface area contributed by atoms with Crippen LogP contribution in [0.2, 0.25) is 0 Å². The van der Waals surface area contributed by atoms with Gasteiger partial charge in [0, 0.05) is 56.3 Å². The highest BCUT2D eigenvalue weighted by Gasteiger charge is 2.26. The number of halogens is 1. The number of aromatic nitrogens is 2. The fourth-order valence-electron chi connectivity index (χ4n) is 4.98. The summed E-state index contributed by atoms with van der Waals surface area (Å²) in [5.74, 6) is -0.353. The number of nitrogens with zero attached hydrogens (tertiary/aromatic N) is 2. The quantitative estimate of drug-likeness (QED) is 0.432. The molecular weight excluding hydrogens is 467 g/mol. The zero-order valence-electron chi connectivity index (χ0n) is 19.4. The third-order valence-corrected chi connectivity index (χ3v) is 8.03. The number of ether oxygens (including phenoxy) is 2. The minimum absolute atomic E-state index is 0.0683. The summed E-state index contributed by atoms with van der Waals surface area (Å²) in [5, 5.41) is 6.49. The van der Waals surface area contributed by atoms with Crippen LogP contribution in [0, 0.1) is 5.82 Å². The number of imidazole rings is 1. The molecule has 35 heavy (non-hydrogen) atoms. The van der Waals surface area contributed by atoms with Crippen molar-refractivity contribution in [2.75, 3.05) is 26.9 Å². The second-order valence-corrected chi connectivity index (χ2v) is 10.2. The Bertz CT molecular complexity index is 1390. The van der Waals surface area contributed by atoms with Crippen LogP contribution in [0.15, 0.2) is 42.6 Å². The topological polar surface area (TPSA) is 76.9 Å². The van der Waals surface area contributed by atoms with E-state index >= 15 is 4.39 Å². The molecule has 6 rings (SSSR count). The molecule has 2 aliphatic heterocycles. The highest BCUT2D eigenvalue weighted by atomic mass is 32.1. The number of amides is 1. The minimum atomic E-state index is -0.285. The molecular formula is C26H27FN4O3S. The summed E-state index contributed by atoms with van der Waals surface area (Å²) in [6, 6.07) is 11.3. The van der Waals surface area contributed by atoms with E-state index in [1.54, 1.807) is 19.2 Å². The molecule has 9 heteroatoms. The molecule has 1 amide bonds. The number of thiazole rings is 1. The number of hydrogen-bond donors (Lipinski definition) is 2. The zero-order chi connectivity index (χ0) is 23.9. The van der Waals surface area contributed by atoms with Crippen LogP contribution in [0.4, 0.5) is 4.39 Å². The van der Waals surface area contributed by atoms with Gasteiger partial charge in [0.05, 0.1) is 22.0 Å². The molecule has 4 heterocycles. The lowest BCUT2D eigenvalue weighted by Crippen LogP contribution is -2.38. The maximum atomic E-state index is 15.1. The maximum Gasteiger partial charge on any atom is 0.251 e. The van der Waals surface area contributed by atoms with Gasteiger partial charge in [-0.25, -0.2) is 9.37 Å². The van der Waals surface area contributed by atoms with Crippen LogP contribution in [0.1, 0.15) is 41.2 Å². The van der Waals surface area contributed by atoms with Gasteiger partial charge in [0.2, 0.25) is 0 Å². The Morgan fingerprint density at radius 3 is 2.89 bits per heavy atom. The largest absolute Gasteiger partial charge is 0.381 e. The van der Waals surface area contributed by atoms with Gasteiger partial charge in [-0.15, -0.1) is 0 Å². The molecule has 2 aliphatic rings. The molecule has 2 aromatic carbocycles. The molecule has 2 fully saturated rings. The number of nitrogens with one attached hydrogen (secondary N) is 2. The Morgan fingerprint density at radius 1 is 1.26 bits per heavy atom. The molecule has 2 atom stereocenters. The van der Waals surface area contributed by atoms with Crippen molar-refractivity contribution in [3.8, 4) is 11.3 Å². The molecule has 0 saturated carbocycles. The van der Waals surface area contributed by atoms with E-state index in [0.717, 1.165) is 46.5 Å². The number of rotatable bonds is 5. The molecule has 2 N–H and O–H groups in total.